The molecule has 158 valence electrons. The number of hydrogen-bond donors (Lipinski definition) is 1. The predicted octanol–water partition coefficient (Wildman–Crippen LogP) is 5.15. The number of benzene rings is 2. The van der Waals surface area contributed by atoms with Crippen molar-refractivity contribution >= 4 is 44.9 Å². The highest BCUT2D eigenvalue weighted by atomic mass is 32.2. The third kappa shape index (κ3) is 4.40. The first-order valence-corrected chi connectivity index (χ1v) is 11.4. The van der Waals surface area contributed by atoms with E-state index in [1.165, 1.54) is 39.8 Å². The number of hydrogen-bond acceptors (Lipinski definition) is 5. The van der Waals surface area contributed by atoms with E-state index < -0.39 is 5.82 Å². The van der Waals surface area contributed by atoms with Gasteiger partial charge in [-0.05, 0) is 37.1 Å². The number of carbonyl (C=O) groups is 1. The lowest BCUT2D eigenvalue weighted by atomic mass is 10.1. The number of thiophene rings is 1. The monoisotopic (exact) mass is 453 g/mol. The van der Waals surface area contributed by atoms with Gasteiger partial charge in [-0.3, -0.25) is 14.2 Å². The summed E-state index contributed by atoms with van der Waals surface area (Å²) < 4.78 is 15.5. The second-order valence-corrected chi connectivity index (χ2v) is 9.07. The smallest absolute Gasteiger partial charge is 0.271 e. The van der Waals surface area contributed by atoms with E-state index in [0.29, 0.717) is 21.1 Å². The number of thioether (sulfide) groups is 1. The maximum Gasteiger partial charge on any atom is 0.271 e. The molecule has 2 heterocycles. The summed E-state index contributed by atoms with van der Waals surface area (Å²) in [5.41, 5.74) is 4.75. The molecule has 0 unspecified atom stereocenters. The van der Waals surface area contributed by atoms with Crippen LogP contribution in [0.2, 0.25) is 0 Å². The summed E-state index contributed by atoms with van der Waals surface area (Å²) in [6.07, 6.45) is 0. The summed E-state index contributed by atoms with van der Waals surface area (Å²) in [6, 6.07) is 12.3. The Balaban J connectivity index is 1.60. The van der Waals surface area contributed by atoms with Gasteiger partial charge in [0.05, 0.1) is 11.3 Å². The Hall–Kier alpha value is -2.97. The molecule has 2 aromatic carbocycles. The van der Waals surface area contributed by atoms with E-state index in [1.54, 1.807) is 20.0 Å². The van der Waals surface area contributed by atoms with Gasteiger partial charge in [0.25, 0.3) is 5.56 Å². The molecule has 0 aliphatic rings. The van der Waals surface area contributed by atoms with Crippen molar-refractivity contribution in [3.63, 3.8) is 0 Å². The van der Waals surface area contributed by atoms with Crippen LogP contribution in [-0.4, -0.2) is 21.2 Å². The first kappa shape index (κ1) is 21.3. The van der Waals surface area contributed by atoms with Gasteiger partial charge in [0.15, 0.2) is 5.16 Å². The van der Waals surface area contributed by atoms with Crippen LogP contribution >= 0.6 is 23.1 Å². The van der Waals surface area contributed by atoms with Gasteiger partial charge in [0.2, 0.25) is 5.91 Å². The minimum atomic E-state index is -0.413. The lowest BCUT2D eigenvalue weighted by Crippen LogP contribution is -2.21. The zero-order valence-electron chi connectivity index (χ0n) is 17.2. The Bertz CT molecular complexity index is 1340. The van der Waals surface area contributed by atoms with E-state index in [-0.39, 0.29) is 17.2 Å². The van der Waals surface area contributed by atoms with Gasteiger partial charge < -0.3 is 5.32 Å². The number of aryl methyl sites for hydroxylation is 2. The predicted molar refractivity (Wildman–Crippen MR) is 126 cm³/mol. The Morgan fingerprint density at radius 3 is 2.68 bits per heavy atom. The number of aromatic nitrogens is 2. The molecular formula is C23H20FN3O2S2. The Morgan fingerprint density at radius 1 is 1.19 bits per heavy atom. The van der Waals surface area contributed by atoms with Crippen LogP contribution in [-0.2, 0) is 11.8 Å². The molecule has 0 bridgehead atoms. The van der Waals surface area contributed by atoms with Crippen LogP contribution in [0, 0.1) is 19.7 Å². The molecule has 0 saturated carbocycles. The van der Waals surface area contributed by atoms with E-state index in [4.69, 9.17) is 4.98 Å². The number of nitrogens with zero attached hydrogens (tertiary/aromatic N) is 2. The van der Waals surface area contributed by atoms with Crippen LogP contribution in [0.5, 0.6) is 0 Å². The summed E-state index contributed by atoms with van der Waals surface area (Å²) >= 11 is 2.55. The first-order valence-electron chi connectivity index (χ1n) is 9.57. The van der Waals surface area contributed by atoms with Crippen molar-refractivity contribution in [2.75, 3.05) is 11.1 Å². The molecular weight excluding hydrogens is 433 g/mol. The normalized spacial score (nSPS) is 11.1. The summed E-state index contributed by atoms with van der Waals surface area (Å²) in [4.78, 5) is 30.0. The van der Waals surface area contributed by atoms with Crippen LogP contribution < -0.4 is 10.9 Å². The zero-order valence-corrected chi connectivity index (χ0v) is 18.9. The molecule has 0 radical (unpaired) electrons. The summed E-state index contributed by atoms with van der Waals surface area (Å²) in [5, 5.41) is 5.11. The second kappa shape index (κ2) is 8.64. The van der Waals surface area contributed by atoms with E-state index in [0.717, 1.165) is 22.3 Å². The van der Waals surface area contributed by atoms with Crippen molar-refractivity contribution in [3.05, 3.63) is 75.1 Å². The van der Waals surface area contributed by atoms with Gasteiger partial charge in [0.1, 0.15) is 10.5 Å². The highest BCUT2D eigenvalue weighted by molar-refractivity contribution is 7.99. The molecule has 0 spiro atoms. The van der Waals surface area contributed by atoms with Gasteiger partial charge in [-0.25, -0.2) is 9.37 Å². The van der Waals surface area contributed by atoms with E-state index in [1.807, 2.05) is 36.6 Å². The molecule has 4 rings (SSSR count). The lowest BCUT2D eigenvalue weighted by Gasteiger charge is -2.10. The molecule has 1 N–H and O–H groups in total. The van der Waals surface area contributed by atoms with Crippen molar-refractivity contribution in [3.8, 4) is 11.1 Å². The maximum atomic E-state index is 13.5. The molecule has 1 amide bonds. The average molecular weight is 454 g/mol. The van der Waals surface area contributed by atoms with Crippen LogP contribution in [0.25, 0.3) is 21.3 Å². The zero-order chi connectivity index (χ0) is 22.1. The van der Waals surface area contributed by atoms with Crippen molar-refractivity contribution < 1.29 is 9.18 Å². The number of amides is 1. The standard InChI is InChI=1S/C23H20FN3O2S2/c1-13-4-7-15(8-5-13)17-11-30-21-20(17)26-23(27(3)22(21)29)31-12-19(28)25-18-10-16(24)9-6-14(18)2/h4-11H,12H2,1-3H3,(H,25,28). The quantitative estimate of drug-likeness (QED) is 0.335. The topological polar surface area (TPSA) is 64.0 Å². The van der Waals surface area contributed by atoms with Gasteiger partial charge in [-0.1, -0.05) is 47.7 Å². The molecule has 8 heteroatoms. The molecule has 0 fully saturated rings. The molecule has 2 aromatic heterocycles. The van der Waals surface area contributed by atoms with Crippen LogP contribution in [0.15, 0.2) is 57.8 Å². The van der Waals surface area contributed by atoms with Crippen molar-refractivity contribution in [1.29, 1.82) is 0 Å². The third-order valence-electron chi connectivity index (χ3n) is 4.93. The molecule has 5 nitrogen and oxygen atoms in total. The van der Waals surface area contributed by atoms with Crippen LogP contribution in [0.1, 0.15) is 11.1 Å². The lowest BCUT2D eigenvalue weighted by molar-refractivity contribution is -0.113. The number of fused-ring (bicyclic) bond motifs is 1. The minimum absolute atomic E-state index is 0.0474. The molecule has 0 atom stereocenters. The molecule has 0 aliphatic heterocycles. The van der Waals surface area contributed by atoms with E-state index in [9.17, 15) is 14.0 Å². The van der Waals surface area contributed by atoms with Gasteiger partial charge in [-0.2, -0.15) is 0 Å². The Labute approximate surface area is 187 Å². The Kier molecular flexibility index (Phi) is 5.93. The SMILES string of the molecule is Cc1ccc(-c2csc3c(=O)n(C)c(SCC(=O)Nc4cc(F)ccc4C)nc23)cc1. The summed E-state index contributed by atoms with van der Waals surface area (Å²) in [7, 11) is 1.65. The van der Waals surface area contributed by atoms with E-state index in [2.05, 4.69) is 5.32 Å². The molecule has 4 aromatic rings. The second-order valence-electron chi connectivity index (χ2n) is 7.25. The largest absolute Gasteiger partial charge is 0.325 e. The molecule has 0 aliphatic carbocycles. The summed E-state index contributed by atoms with van der Waals surface area (Å²) in [5.74, 6) is -0.660. The van der Waals surface area contributed by atoms with Crippen molar-refractivity contribution in [2.24, 2.45) is 7.05 Å². The fraction of sp³-hybridized carbons (Fsp3) is 0.174. The molecule has 0 saturated heterocycles. The van der Waals surface area contributed by atoms with Crippen molar-refractivity contribution in [1.82, 2.24) is 9.55 Å². The maximum absolute atomic E-state index is 13.5. The number of anilines is 1. The van der Waals surface area contributed by atoms with Crippen LogP contribution in [0.3, 0.4) is 0 Å². The first-order chi connectivity index (χ1) is 14.8. The Morgan fingerprint density at radius 2 is 1.94 bits per heavy atom. The van der Waals surface area contributed by atoms with Crippen LogP contribution in [0.4, 0.5) is 10.1 Å². The highest BCUT2D eigenvalue weighted by Gasteiger charge is 2.16. The third-order valence-corrected chi connectivity index (χ3v) is 6.91. The highest BCUT2D eigenvalue weighted by Crippen LogP contribution is 2.32. The fourth-order valence-electron chi connectivity index (χ4n) is 3.14. The minimum Gasteiger partial charge on any atom is -0.325 e. The average Bonchev–Trinajstić information content (AvgIpc) is 3.17. The molecule has 31 heavy (non-hydrogen) atoms. The number of carbonyl (C=O) groups excluding carboxylic acids is 1. The van der Waals surface area contributed by atoms with E-state index >= 15 is 0 Å². The number of nitrogens with one attached hydrogen (secondary N) is 1. The fourth-order valence-corrected chi connectivity index (χ4v) is 4.89. The number of halogens is 1. The van der Waals surface area contributed by atoms with Crippen molar-refractivity contribution in [2.45, 2.75) is 19.0 Å². The summed E-state index contributed by atoms with van der Waals surface area (Å²) in [6.45, 7) is 3.82. The number of rotatable bonds is 5. The van der Waals surface area contributed by atoms with Gasteiger partial charge >= 0.3 is 0 Å². The van der Waals surface area contributed by atoms with Gasteiger partial charge in [0, 0.05) is 23.7 Å². The van der Waals surface area contributed by atoms with Gasteiger partial charge in [-0.15, -0.1) is 11.3 Å².